The van der Waals surface area contributed by atoms with Crippen LogP contribution in [-0.2, 0) is 0 Å². The maximum absolute atomic E-state index is 5.22. The van der Waals surface area contributed by atoms with Crippen LogP contribution in [0.25, 0.3) is 94.0 Å². The van der Waals surface area contributed by atoms with Crippen molar-refractivity contribution in [3.05, 3.63) is 170 Å². The first-order valence-electron chi connectivity index (χ1n) is 16.5. The third-order valence-corrected chi connectivity index (χ3v) is 9.58. The van der Waals surface area contributed by atoms with Gasteiger partial charge in [-0.05, 0) is 73.8 Å². The van der Waals surface area contributed by atoms with E-state index >= 15 is 0 Å². The van der Waals surface area contributed by atoms with E-state index in [9.17, 15) is 0 Å². The van der Waals surface area contributed by atoms with Crippen LogP contribution in [0.2, 0.25) is 0 Å². The summed E-state index contributed by atoms with van der Waals surface area (Å²) in [5.74, 6) is 1.86. The van der Waals surface area contributed by atoms with E-state index in [-0.39, 0.29) is 0 Å². The SMILES string of the molecule is c1ccc(-c2nc(-c3ccc(-c4ccc5ccccc5c4)cc3)nc(-n3c4cc5ccccc5cc4c4cc5ccccc5cc43)n2)cc1. The second-order valence-corrected chi connectivity index (χ2v) is 12.6. The Balaban J connectivity index is 1.20. The molecule has 0 radical (unpaired) electrons. The van der Waals surface area contributed by atoms with Gasteiger partial charge in [0.2, 0.25) is 5.95 Å². The number of nitrogens with zero attached hydrogens (tertiary/aromatic N) is 4. The Bertz CT molecular complexity index is 2780. The lowest BCUT2D eigenvalue weighted by Gasteiger charge is -2.12. The van der Waals surface area contributed by atoms with Crippen molar-refractivity contribution >= 4 is 54.1 Å². The molecule has 0 fully saturated rings. The molecular formula is C45H28N4. The highest BCUT2D eigenvalue weighted by atomic mass is 15.2. The summed E-state index contributed by atoms with van der Waals surface area (Å²) in [6.07, 6.45) is 0. The van der Waals surface area contributed by atoms with E-state index in [4.69, 9.17) is 15.0 Å². The number of rotatable bonds is 4. The van der Waals surface area contributed by atoms with Crippen LogP contribution in [0.15, 0.2) is 170 Å². The first-order valence-corrected chi connectivity index (χ1v) is 16.5. The molecule has 0 unspecified atom stereocenters. The minimum atomic E-state index is 0.591. The highest BCUT2D eigenvalue weighted by molar-refractivity contribution is 6.16. The first kappa shape index (κ1) is 27.5. The van der Waals surface area contributed by atoms with Gasteiger partial charge in [0.25, 0.3) is 0 Å². The Kier molecular flexibility index (Phi) is 6.15. The molecule has 228 valence electrons. The largest absolute Gasteiger partial charge is 0.278 e. The van der Waals surface area contributed by atoms with E-state index in [2.05, 4.69) is 156 Å². The Hall–Kier alpha value is -6.65. The van der Waals surface area contributed by atoms with Crippen LogP contribution in [0, 0.1) is 0 Å². The predicted molar refractivity (Wildman–Crippen MR) is 203 cm³/mol. The molecule has 0 aliphatic carbocycles. The summed E-state index contributed by atoms with van der Waals surface area (Å²) >= 11 is 0. The molecule has 0 spiro atoms. The fourth-order valence-electron chi connectivity index (χ4n) is 7.09. The van der Waals surface area contributed by atoms with Gasteiger partial charge in [-0.25, -0.2) is 4.98 Å². The third-order valence-electron chi connectivity index (χ3n) is 9.58. The van der Waals surface area contributed by atoms with Crippen LogP contribution >= 0.6 is 0 Å². The molecule has 4 nitrogen and oxygen atoms in total. The van der Waals surface area contributed by atoms with Crippen molar-refractivity contribution in [3.8, 4) is 39.9 Å². The zero-order chi connectivity index (χ0) is 32.3. The maximum atomic E-state index is 5.22. The zero-order valence-corrected chi connectivity index (χ0v) is 26.5. The predicted octanol–water partition coefficient (Wildman–Crippen LogP) is 11.4. The van der Waals surface area contributed by atoms with Gasteiger partial charge >= 0.3 is 0 Å². The molecular weight excluding hydrogens is 597 g/mol. The minimum Gasteiger partial charge on any atom is -0.278 e. The van der Waals surface area contributed by atoms with Crippen molar-refractivity contribution < 1.29 is 0 Å². The number of hydrogen-bond acceptors (Lipinski definition) is 3. The van der Waals surface area contributed by atoms with Crippen molar-refractivity contribution in [2.45, 2.75) is 0 Å². The van der Waals surface area contributed by atoms with Crippen molar-refractivity contribution in [1.29, 1.82) is 0 Å². The average Bonchev–Trinajstić information content (AvgIpc) is 3.47. The van der Waals surface area contributed by atoms with Crippen molar-refractivity contribution in [3.63, 3.8) is 0 Å². The third kappa shape index (κ3) is 4.65. The molecule has 4 heteroatoms. The fraction of sp³-hybridized carbons (Fsp3) is 0. The maximum Gasteiger partial charge on any atom is 0.238 e. The minimum absolute atomic E-state index is 0.591. The molecule has 0 aliphatic rings. The molecule has 0 atom stereocenters. The Morgan fingerprint density at radius 2 is 0.735 bits per heavy atom. The summed E-state index contributed by atoms with van der Waals surface area (Å²) in [6, 6.07) is 60.0. The zero-order valence-electron chi connectivity index (χ0n) is 26.5. The van der Waals surface area contributed by atoms with Gasteiger partial charge in [-0.1, -0.05) is 140 Å². The highest BCUT2D eigenvalue weighted by Crippen LogP contribution is 2.37. The summed E-state index contributed by atoms with van der Waals surface area (Å²) < 4.78 is 2.21. The van der Waals surface area contributed by atoms with Crippen LogP contribution in [0.4, 0.5) is 0 Å². The first-order chi connectivity index (χ1) is 24.2. The lowest BCUT2D eigenvalue weighted by molar-refractivity contribution is 0.954. The monoisotopic (exact) mass is 624 g/mol. The lowest BCUT2D eigenvalue weighted by Crippen LogP contribution is -2.06. The quantitative estimate of drug-likeness (QED) is 0.196. The van der Waals surface area contributed by atoms with E-state index in [0.717, 1.165) is 27.7 Å². The van der Waals surface area contributed by atoms with Gasteiger partial charge < -0.3 is 0 Å². The fourth-order valence-corrected chi connectivity index (χ4v) is 7.09. The van der Waals surface area contributed by atoms with Crippen LogP contribution in [0.3, 0.4) is 0 Å². The van der Waals surface area contributed by atoms with Crippen LogP contribution < -0.4 is 0 Å². The Morgan fingerprint density at radius 3 is 1.31 bits per heavy atom. The standard InChI is InChI=1S/C45H28N4/c1-2-11-31(12-3-1)43-46-44(32-21-18-30(19-22-32)38-23-20-29-10-4-5-13-33(29)24-38)48-45(47-43)49-41-27-36-16-8-6-14-34(36)25-39(41)40-26-35-15-7-9-17-37(35)28-42(40)49/h1-28H. The molecule has 49 heavy (non-hydrogen) atoms. The van der Waals surface area contributed by atoms with Crippen molar-refractivity contribution in [2.24, 2.45) is 0 Å². The smallest absolute Gasteiger partial charge is 0.238 e. The van der Waals surface area contributed by atoms with Gasteiger partial charge in [-0.15, -0.1) is 0 Å². The summed E-state index contributed by atoms with van der Waals surface area (Å²) in [5, 5.41) is 9.55. The van der Waals surface area contributed by atoms with Crippen LogP contribution in [-0.4, -0.2) is 19.5 Å². The van der Waals surface area contributed by atoms with E-state index in [1.54, 1.807) is 0 Å². The molecule has 0 aliphatic heterocycles. The van der Waals surface area contributed by atoms with E-state index in [1.165, 1.54) is 48.7 Å². The molecule has 0 bridgehead atoms. The number of hydrogen-bond donors (Lipinski definition) is 0. The summed E-state index contributed by atoms with van der Waals surface area (Å²) in [6.45, 7) is 0. The molecule has 10 rings (SSSR count). The molecule has 0 N–H and O–H groups in total. The van der Waals surface area contributed by atoms with Gasteiger partial charge in [0, 0.05) is 21.9 Å². The van der Waals surface area contributed by atoms with Gasteiger partial charge in [0.1, 0.15) is 0 Å². The topological polar surface area (TPSA) is 43.6 Å². The highest BCUT2D eigenvalue weighted by Gasteiger charge is 2.19. The molecule has 2 aromatic heterocycles. The summed E-state index contributed by atoms with van der Waals surface area (Å²) in [4.78, 5) is 15.4. The van der Waals surface area contributed by atoms with Crippen LogP contribution in [0.1, 0.15) is 0 Å². The second-order valence-electron chi connectivity index (χ2n) is 12.6. The van der Waals surface area contributed by atoms with Gasteiger partial charge in [-0.2, -0.15) is 9.97 Å². The van der Waals surface area contributed by atoms with Gasteiger partial charge in [-0.3, -0.25) is 4.57 Å². The van der Waals surface area contributed by atoms with E-state index < -0.39 is 0 Å². The van der Waals surface area contributed by atoms with Gasteiger partial charge in [0.05, 0.1) is 11.0 Å². The summed E-state index contributed by atoms with van der Waals surface area (Å²) in [7, 11) is 0. The molecule has 0 saturated heterocycles. The molecule has 8 aromatic carbocycles. The Labute approximate surface area is 282 Å². The lowest BCUT2D eigenvalue weighted by atomic mass is 10.0. The molecule has 0 saturated carbocycles. The number of fused-ring (bicyclic) bond motifs is 6. The van der Waals surface area contributed by atoms with Gasteiger partial charge in [0.15, 0.2) is 11.6 Å². The average molecular weight is 625 g/mol. The van der Waals surface area contributed by atoms with E-state index in [0.29, 0.717) is 17.6 Å². The second kappa shape index (κ2) is 11.0. The van der Waals surface area contributed by atoms with Crippen molar-refractivity contribution in [1.82, 2.24) is 19.5 Å². The Morgan fingerprint density at radius 1 is 0.306 bits per heavy atom. The van der Waals surface area contributed by atoms with Crippen LogP contribution in [0.5, 0.6) is 0 Å². The number of benzene rings is 8. The molecule has 2 heterocycles. The summed E-state index contributed by atoms with van der Waals surface area (Å²) in [5.41, 5.74) is 6.32. The molecule has 0 amide bonds. The molecule has 10 aromatic rings. The van der Waals surface area contributed by atoms with E-state index in [1.807, 2.05) is 18.2 Å². The number of aromatic nitrogens is 4. The van der Waals surface area contributed by atoms with Crippen molar-refractivity contribution in [2.75, 3.05) is 0 Å². The normalized spacial score (nSPS) is 11.7.